The van der Waals surface area contributed by atoms with Gasteiger partial charge in [0.05, 0.1) is 30.5 Å². The Bertz CT molecular complexity index is 1470. The van der Waals surface area contributed by atoms with Crippen LogP contribution in [0.25, 0.3) is 39.2 Å². The van der Waals surface area contributed by atoms with Crippen molar-refractivity contribution in [1.82, 2.24) is 14.6 Å². The molecule has 34 heavy (non-hydrogen) atoms. The number of rotatable bonds is 7. The topological polar surface area (TPSA) is 91.6 Å². The van der Waals surface area contributed by atoms with Gasteiger partial charge in [0.1, 0.15) is 11.6 Å². The molecule has 0 unspecified atom stereocenters. The van der Waals surface area contributed by atoms with Crippen molar-refractivity contribution in [3.8, 4) is 39.3 Å². The van der Waals surface area contributed by atoms with Gasteiger partial charge in [-0.25, -0.2) is 4.98 Å². The Morgan fingerprint density at radius 2 is 1.50 bits per heavy atom. The maximum atomic E-state index is 13.9. The minimum Gasteiger partial charge on any atom is -0.497 e. The lowest BCUT2D eigenvalue weighted by Gasteiger charge is -2.12. The fraction of sp³-hybridized carbons (Fsp3) is 0.111. The van der Waals surface area contributed by atoms with Gasteiger partial charge in [-0.1, -0.05) is 72.8 Å². The maximum Gasteiger partial charge on any atom is 0.282 e. The third-order valence-corrected chi connectivity index (χ3v) is 5.69. The fourth-order valence-electron chi connectivity index (χ4n) is 4.08. The number of methoxy groups -OCH3 is 1. The zero-order valence-electron chi connectivity index (χ0n) is 18.7. The number of H-pyrrole nitrogens is 1. The fourth-order valence-corrected chi connectivity index (χ4v) is 4.08. The molecular weight excluding hydrogens is 428 g/mol. The number of anilines is 1. The normalized spacial score (nSPS) is 11.0. The summed E-state index contributed by atoms with van der Waals surface area (Å²) in [5.74, 6) is 1.11. The molecule has 0 amide bonds. The van der Waals surface area contributed by atoms with Crippen LogP contribution in [-0.4, -0.2) is 40.0 Å². The molecule has 0 radical (unpaired) electrons. The summed E-state index contributed by atoms with van der Waals surface area (Å²) in [7, 11) is 1.60. The van der Waals surface area contributed by atoms with Crippen LogP contribution in [0.1, 0.15) is 0 Å². The molecule has 0 saturated carbocycles. The number of aromatic amines is 1. The summed E-state index contributed by atoms with van der Waals surface area (Å²) in [6.07, 6.45) is 0. The van der Waals surface area contributed by atoms with E-state index >= 15 is 0 Å². The van der Waals surface area contributed by atoms with Gasteiger partial charge < -0.3 is 15.2 Å². The van der Waals surface area contributed by atoms with Crippen molar-refractivity contribution in [1.29, 1.82) is 0 Å². The predicted molar refractivity (Wildman–Crippen MR) is 134 cm³/mol. The lowest BCUT2D eigenvalue weighted by molar-refractivity contribution is 0.311. The number of aromatic nitrogens is 3. The van der Waals surface area contributed by atoms with Crippen molar-refractivity contribution < 1.29 is 9.84 Å². The highest BCUT2D eigenvalue weighted by molar-refractivity contribution is 5.92. The van der Waals surface area contributed by atoms with Crippen LogP contribution < -0.4 is 15.6 Å². The molecule has 3 aromatic carbocycles. The van der Waals surface area contributed by atoms with Gasteiger partial charge in [-0.05, 0) is 23.3 Å². The first kappa shape index (κ1) is 21.5. The minimum atomic E-state index is -0.241. The van der Waals surface area contributed by atoms with Crippen LogP contribution in [-0.2, 0) is 0 Å². The molecule has 170 valence electrons. The van der Waals surface area contributed by atoms with Crippen LogP contribution in [0.5, 0.6) is 5.75 Å². The molecule has 5 aromatic rings. The molecule has 0 saturated heterocycles. The van der Waals surface area contributed by atoms with Crippen LogP contribution in [0.15, 0.2) is 89.7 Å². The van der Waals surface area contributed by atoms with E-state index in [0.29, 0.717) is 28.3 Å². The van der Waals surface area contributed by atoms with Crippen LogP contribution in [0.4, 0.5) is 5.82 Å². The Morgan fingerprint density at radius 3 is 2.12 bits per heavy atom. The Morgan fingerprint density at radius 1 is 0.882 bits per heavy atom. The molecule has 7 heteroatoms. The summed E-state index contributed by atoms with van der Waals surface area (Å²) in [5.41, 5.74) is 4.90. The van der Waals surface area contributed by atoms with Crippen molar-refractivity contribution >= 4 is 11.5 Å². The number of hydrogen-bond acceptors (Lipinski definition) is 5. The van der Waals surface area contributed by atoms with Crippen molar-refractivity contribution in [3.63, 3.8) is 0 Å². The van der Waals surface area contributed by atoms with Gasteiger partial charge in [0.25, 0.3) is 5.56 Å². The Hall–Kier alpha value is -4.36. The van der Waals surface area contributed by atoms with E-state index in [1.54, 1.807) is 19.2 Å². The van der Waals surface area contributed by atoms with Crippen molar-refractivity contribution in [2.75, 3.05) is 25.6 Å². The predicted octanol–water partition coefficient (Wildman–Crippen LogP) is 4.44. The molecule has 0 bridgehead atoms. The third kappa shape index (κ3) is 3.82. The number of ether oxygens (including phenoxy) is 1. The SMILES string of the molecule is COc1ccc(-c2c(NCCO)nc3c(-c4ccccc4)c(-c4ccccc4)[nH]n3c2=O)cc1. The first-order valence-electron chi connectivity index (χ1n) is 11.0. The zero-order valence-corrected chi connectivity index (χ0v) is 18.7. The number of nitrogens with zero attached hydrogens (tertiary/aromatic N) is 2. The van der Waals surface area contributed by atoms with Crippen LogP contribution in [0, 0.1) is 0 Å². The highest BCUT2D eigenvalue weighted by Crippen LogP contribution is 2.35. The van der Waals surface area contributed by atoms with Gasteiger partial charge in [0.2, 0.25) is 0 Å². The molecule has 0 atom stereocenters. The molecule has 7 nitrogen and oxygen atoms in total. The van der Waals surface area contributed by atoms with Crippen molar-refractivity contribution in [3.05, 3.63) is 95.3 Å². The van der Waals surface area contributed by atoms with E-state index < -0.39 is 0 Å². The molecular formula is C27H24N4O3. The number of hydrogen-bond donors (Lipinski definition) is 3. The Kier molecular flexibility index (Phi) is 5.84. The highest BCUT2D eigenvalue weighted by atomic mass is 16.5. The van der Waals surface area contributed by atoms with E-state index in [9.17, 15) is 9.90 Å². The second kappa shape index (κ2) is 9.25. The largest absolute Gasteiger partial charge is 0.497 e. The smallest absolute Gasteiger partial charge is 0.282 e. The first-order chi connectivity index (χ1) is 16.7. The summed E-state index contributed by atoms with van der Waals surface area (Å²) in [6.45, 7) is 0.180. The quantitative estimate of drug-likeness (QED) is 0.340. The summed E-state index contributed by atoms with van der Waals surface area (Å²) < 4.78 is 6.76. The molecule has 2 heterocycles. The van der Waals surface area contributed by atoms with E-state index in [4.69, 9.17) is 9.72 Å². The first-order valence-corrected chi connectivity index (χ1v) is 11.0. The lowest BCUT2D eigenvalue weighted by atomic mass is 10.0. The number of nitrogens with one attached hydrogen (secondary N) is 2. The lowest BCUT2D eigenvalue weighted by Crippen LogP contribution is -2.21. The van der Waals surface area contributed by atoms with Gasteiger partial charge in [-0.15, -0.1) is 0 Å². The van der Waals surface area contributed by atoms with Crippen molar-refractivity contribution in [2.45, 2.75) is 0 Å². The second-order valence-corrected chi connectivity index (χ2v) is 7.77. The number of aliphatic hydroxyl groups is 1. The second-order valence-electron chi connectivity index (χ2n) is 7.77. The molecule has 3 N–H and O–H groups in total. The van der Waals surface area contributed by atoms with E-state index in [0.717, 1.165) is 22.4 Å². The molecule has 0 spiro atoms. The standard InChI is InChI=1S/C27H24N4O3/c1-34-21-14-12-19(13-15-21)23-25(28-16-17-32)29-26-22(18-8-4-2-5-9-18)24(30-31(26)27(23)33)20-10-6-3-7-11-20/h2-15,28,30,32H,16-17H2,1H3. The van der Waals surface area contributed by atoms with Gasteiger partial charge in [-0.3, -0.25) is 9.89 Å². The van der Waals surface area contributed by atoms with E-state index in [1.807, 2.05) is 72.8 Å². The van der Waals surface area contributed by atoms with Crippen LogP contribution in [0.2, 0.25) is 0 Å². The van der Waals surface area contributed by atoms with E-state index in [1.165, 1.54) is 4.52 Å². The number of benzene rings is 3. The van der Waals surface area contributed by atoms with Crippen molar-refractivity contribution in [2.24, 2.45) is 0 Å². The van der Waals surface area contributed by atoms with E-state index in [2.05, 4.69) is 10.4 Å². The average Bonchev–Trinajstić information content (AvgIpc) is 3.28. The maximum absolute atomic E-state index is 13.9. The molecule has 2 aromatic heterocycles. The van der Waals surface area contributed by atoms with Gasteiger partial charge in [0, 0.05) is 12.1 Å². The highest BCUT2D eigenvalue weighted by Gasteiger charge is 2.22. The van der Waals surface area contributed by atoms with Gasteiger partial charge in [0.15, 0.2) is 5.65 Å². The average molecular weight is 453 g/mol. The monoisotopic (exact) mass is 452 g/mol. The molecule has 0 aliphatic rings. The zero-order chi connectivity index (χ0) is 23.5. The van der Waals surface area contributed by atoms with Crippen LogP contribution >= 0.6 is 0 Å². The third-order valence-electron chi connectivity index (χ3n) is 5.69. The van der Waals surface area contributed by atoms with Crippen LogP contribution in [0.3, 0.4) is 0 Å². The Labute approximate surface area is 196 Å². The molecule has 0 aliphatic carbocycles. The summed E-state index contributed by atoms with van der Waals surface area (Å²) in [5, 5.41) is 15.9. The summed E-state index contributed by atoms with van der Waals surface area (Å²) >= 11 is 0. The molecule has 0 fully saturated rings. The van der Waals surface area contributed by atoms with E-state index in [-0.39, 0.29) is 18.7 Å². The van der Waals surface area contributed by atoms with Gasteiger partial charge in [-0.2, -0.15) is 4.52 Å². The molecule has 0 aliphatic heterocycles. The summed E-state index contributed by atoms with van der Waals surface area (Å²) in [4.78, 5) is 18.7. The minimum absolute atomic E-state index is 0.0863. The Balaban J connectivity index is 1.83. The number of fused-ring (bicyclic) bond motifs is 1. The molecule has 5 rings (SSSR count). The summed E-state index contributed by atoms with van der Waals surface area (Å²) in [6, 6.07) is 27.0. The van der Waals surface area contributed by atoms with Gasteiger partial charge >= 0.3 is 0 Å². The number of aliphatic hydroxyl groups excluding tert-OH is 1.